The van der Waals surface area contributed by atoms with Crippen molar-refractivity contribution in [2.75, 3.05) is 0 Å². The lowest BCUT2D eigenvalue weighted by Crippen LogP contribution is -1.94. The van der Waals surface area contributed by atoms with Gasteiger partial charge in [-0.2, -0.15) is 0 Å². The van der Waals surface area contributed by atoms with Crippen molar-refractivity contribution >= 4 is 34.8 Å². The summed E-state index contributed by atoms with van der Waals surface area (Å²) in [6.45, 7) is 0.362. The van der Waals surface area contributed by atoms with Gasteiger partial charge in [0.05, 0.1) is 9.21 Å². The van der Waals surface area contributed by atoms with Crippen LogP contribution in [-0.4, -0.2) is 5.78 Å². The first-order valence-electron chi connectivity index (χ1n) is 8.48. The van der Waals surface area contributed by atoms with Crippen molar-refractivity contribution in [1.29, 1.82) is 0 Å². The molecule has 3 nitrogen and oxygen atoms in total. The third-order valence-electron chi connectivity index (χ3n) is 4.35. The number of carbonyl (C=O) groups excluding carboxylic acids is 1. The smallest absolute Gasteiger partial charge is 0.195 e. The highest BCUT2D eigenvalue weighted by Gasteiger charge is 2.11. The largest absolute Gasteiger partial charge is 0.486 e. The van der Waals surface area contributed by atoms with Gasteiger partial charge in [0.25, 0.3) is 0 Å². The topological polar surface area (TPSA) is 39.4 Å². The van der Waals surface area contributed by atoms with E-state index in [0.717, 1.165) is 17.9 Å². The summed E-state index contributed by atoms with van der Waals surface area (Å²) in [6, 6.07) is 13.4. The van der Waals surface area contributed by atoms with Crippen molar-refractivity contribution in [2.45, 2.75) is 25.9 Å². The highest BCUT2D eigenvalue weighted by Crippen LogP contribution is 2.27. The fraction of sp³-hybridized carbons (Fsp3) is 0.190. The van der Waals surface area contributed by atoms with E-state index >= 15 is 0 Å². The summed E-state index contributed by atoms with van der Waals surface area (Å²) in [4.78, 5) is 12.6. The molecule has 0 spiro atoms. The Morgan fingerprint density at radius 3 is 2.88 bits per heavy atom. The zero-order valence-electron chi connectivity index (χ0n) is 14.0. The number of thiophene rings is 1. The molecule has 2 heterocycles. The van der Waals surface area contributed by atoms with Gasteiger partial charge in [0.15, 0.2) is 5.78 Å². The van der Waals surface area contributed by atoms with E-state index in [2.05, 4.69) is 12.1 Å². The zero-order chi connectivity index (χ0) is 17.9. The number of ketones is 1. The molecule has 0 fully saturated rings. The second kappa shape index (κ2) is 7.52. The van der Waals surface area contributed by atoms with Gasteiger partial charge in [-0.15, -0.1) is 11.3 Å². The van der Waals surface area contributed by atoms with Crippen molar-refractivity contribution < 1.29 is 13.9 Å². The standard InChI is InChI=1S/C21H17ClO3S/c22-21-11-10-20(26-21)19(23)9-8-16-6-7-18(25-16)13-24-17-5-4-14-2-1-3-15(14)12-17/h4-12H,1-3,13H2. The summed E-state index contributed by atoms with van der Waals surface area (Å²) in [7, 11) is 0. The molecule has 0 radical (unpaired) electrons. The van der Waals surface area contributed by atoms with Gasteiger partial charge >= 0.3 is 0 Å². The first-order chi connectivity index (χ1) is 12.7. The number of halogens is 1. The van der Waals surface area contributed by atoms with Crippen LogP contribution in [0.15, 0.2) is 53.0 Å². The molecule has 0 aliphatic heterocycles. The number of allylic oxidation sites excluding steroid dienone is 1. The summed E-state index contributed by atoms with van der Waals surface area (Å²) >= 11 is 7.12. The summed E-state index contributed by atoms with van der Waals surface area (Å²) in [5, 5.41) is 0. The average molecular weight is 385 g/mol. The first kappa shape index (κ1) is 17.1. The predicted molar refractivity (Wildman–Crippen MR) is 104 cm³/mol. The summed E-state index contributed by atoms with van der Waals surface area (Å²) in [5.41, 5.74) is 2.82. The lowest BCUT2D eigenvalue weighted by atomic mass is 10.1. The van der Waals surface area contributed by atoms with E-state index in [0.29, 0.717) is 21.6 Å². The maximum absolute atomic E-state index is 12.0. The third-order valence-corrected chi connectivity index (χ3v) is 5.59. The van der Waals surface area contributed by atoms with Gasteiger partial charge in [-0.05, 0) is 78.9 Å². The second-order valence-electron chi connectivity index (χ2n) is 6.18. The number of benzene rings is 1. The highest BCUT2D eigenvalue weighted by atomic mass is 35.5. The van der Waals surface area contributed by atoms with E-state index in [1.807, 2.05) is 18.2 Å². The molecule has 0 saturated heterocycles. The van der Waals surface area contributed by atoms with Gasteiger partial charge in [-0.25, -0.2) is 0 Å². The van der Waals surface area contributed by atoms with Crippen LogP contribution in [0.4, 0.5) is 0 Å². The monoisotopic (exact) mass is 384 g/mol. The highest BCUT2D eigenvalue weighted by molar-refractivity contribution is 7.18. The van der Waals surface area contributed by atoms with Gasteiger partial charge in [0.1, 0.15) is 23.9 Å². The van der Waals surface area contributed by atoms with Crippen molar-refractivity contribution in [1.82, 2.24) is 0 Å². The van der Waals surface area contributed by atoms with Crippen LogP contribution in [0.25, 0.3) is 6.08 Å². The number of rotatable bonds is 6. The molecule has 0 unspecified atom stereocenters. The van der Waals surface area contributed by atoms with Crippen LogP contribution in [0.3, 0.4) is 0 Å². The maximum Gasteiger partial charge on any atom is 0.195 e. The predicted octanol–water partition coefficient (Wildman–Crippen LogP) is 5.96. The zero-order valence-corrected chi connectivity index (χ0v) is 15.6. The van der Waals surface area contributed by atoms with Gasteiger partial charge in [-0.3, -0.25) is 4.79 Å². The van der Waals surface area contributed by atoms with Gasteiger partial charge in [0.2, 0.25) is 0 Å². The SMILES string of the molecule is O=C(C=Cc1ccc(COc2ccc3c(c2)CCC3)o1)c1ccc(Cl)s1. The first-order valence-corrected chi connectivity index (χ1v) is 9.68. The van der Waals surface area contributed by atoms with Crippen molar-refractivity contribution in [3.63, 3.8) is 0 Å². The van der Waals surface area contributed by atoms with Gasteiger partial charge < -0.3 is 9.15 Å². The van der Waals surface area contributed by atoms with Crippen LogP contribution in [0.1, 0.15) is 38.7 Å². The molecule has 0 atom stereocenters. The minimum Gasteiger partial charge on any atom is -0.486 e. The Morgan fingerprint density at radius 1 is 1.15 bits per heavy atom. The molecule has 0 bridgehead atoms. The average Bonchev–Trinajstić information content (AvgIpc) is 3.38. The van der Waals surface area contributed by atoms with Crippen LogP contribution < -0.4 is 4.74 Å². The number of hydrogen-bond donors (Lipinski definition) is 0. The van der Waals surface area contributed by atoms with E-state index in [4.69, 9.17) is 20.8 Å². The Balaban J connectivity index is 1.35. The Hall–Kier alpha value is -2.30. The molecule has 5 heteroatoms. The van der Waals surface area contributed by atoms with Crippen molar-refractivity contribution in [3.05, 3.63) is 80.4 Å². The van der Waals surface area contributed by atoms with E-state index in [1.165, 1.54) is 41.4 Å². The van der Waals surface area contributed by atoms with E-state index in [9.17, 15) is 4.79 Å². The van der Waals surface area contributed by atoms with Gasteiger partial charge in [-0.1, -0.05) is 17.7 Å². The number of aryl methyl sites for hydroxylation is 2. The lowest BCUT2D eigenvalue weighted by molar-refractivity contribution is 0.105. The Kier molecular flexibility index (Phi) is 4.96. The molecular formula is C21H17ClO3S. The van der Waals surface area contributed by atoms with E-state index in [1.54, 1.807) is 18.2 Å². The third kappa shape index (κ3) is 3.92. The molecule has 1 aliphatic carbocycles. The molecular weight excluding hydrogens is 368 g/mol. The van der Waals surface area contributed by atoms with Crippen molar-refractivity contribution in [2.24, 2.45) is 0 Å². The quantitative estimate of drug-likeness (QED) is 0.389. The Labute approximate surface area is 160 Å². The summed E-state index contributed by atoms with van der Waals surface area (Å²) in [5.74, 6) is 2.11. The number of carbonyl (C=O) groups is 1. The molecule has 3 aromatic rings. The second-order valence-corrected chi connectivity index (χ2v) is 7.89. The molecule has 1 aliphatic rings. The van der Waals surface area contributed by atoms with E-state index < -0.39 is 0 Å². The fourth-order valence-corrected chi connectivity index (χ4v) is 4.00. The van der Waals surface area contributed by atoms with Crippen LogP contribution in [0.5, 0.6) is 5.75 Å². The molecule has 2 aromatic heterocycles. The van der Waals surface area contributed by atoms with Crippen LogP contribution in [-0.2, 0) is 19.4 Å². The Morgan fingerprint density at radius 2 is 2.04 bits per heavy atom. The molecule has 132 valence electrons. The maximum atomic E-state index is 12.0. The van der Waals surface area contributed by atoms with Crippen LogP contribution in [0, 0.1) is 0 Å². The molecule has 0 saturated carbocycles. The number of fused-ring (bicyclic) bond motifs is 1. The van der Waals surface area contributed by atoms with Crippen LogP contribution >= 0.6 is 22.9 Å². The van der Waals surface area contributed by atoms with Crippen LogP contribution in [0.2, 0.25) is 4.34 Å². The number of furan rings is 1. The fourth-order valence-electron chi connectivity index (χ4n) is 3.04. The number of ether oxygens (including phenoxy) is 1. The summed E-state index contributed by atoms with van der Waals surface area (Å²) < 4.78 is 12.1. The van der Waals surface area contributed by atoms with Gasteiger partial charge in [0, 0.05) is 0 Å². The number of hydrogen-bond acceptors (Lipinski definition) is 4. The lowest BCUT2D eigenvalue weighted by Gasteiger charge is -2.06. The molecule has 1 aromatic carbocycles. The molecule has 26 heavy (non-hydrogen) atoms. The normalized spacial score (nSPS) is 13.3. The van der Waals surface area contributed by atoms with Crippen molar-refractivity contribution in [3.8, 4) is 5.75 Å². The Bertz CT molecular complexity index is 967. The molecule has 4 rings (SSSR count). The minimum absolute atomic E-state index is 0.0887. The van der Waals surface area contributed by atoms with E-state index in [-0.39, 0.29) is 5.78 Å². The minimum atomic E-state index is -0.0887. The summed E-state index contributed by atoms with van der Waals surface area (Å²) in [6.07, 6.45) is 6.68. The molecule has 0 amide bonds. The molecule has 0 N–H and O–H groups in total.